The quantitative estimate of drug-likeness (QED) is 0.854. The van der Waals surface area contributed by atoms with Crippen LogP contribution >= 0.6 is 11.8 Å². The third-order valence-electron chi connectivity index (χ3n) is 2.47. The molecular formula is C12H16N2O2S. The number of nitrogens with two attached hydrogens (primary N) is 1. The van der Waals surface area contributed by atoms with E-state index in [4.69, 9.17) is 15.0 Å². The fourth-order valence-electron chi connectivity index (χ4n) is 1.51. The molecule has 1 heterocycles. The van der Waals surface area contributed by atoms with E-state index in [0.29, 0.717) is 12.5 Å². The van der Waals surface area contributed by atoms with Crippen molar-refractivity contribution in [2.75, 3.05) is 18.6 Å². The van der Waals surface area contributed by atoms with Gasteiger partial charge in [-0.15, -0.1) is 0 Å². The molecule has 0 amide bonds. The maximum Gasteiger partial charge on any atom is 0.262 e. The van der Waals surface area contributed by atoms with E-state index in [2.05, 4.69) is 11.4 Å². The van der Waals surface area contributed by atoms with E-state index in [1.807, 2.05) is 24.3 Å². The van der Waals surface area contributed by atoms with Crippen LogP contribution < -0.4 is 10.5 Å². The zero-order chi connectivity index (χ0) is 12.1. The van der Waals surface area contributed by atoms with Gasteiger partial charge in [0.25, 0.3) is 5.88 Å². The summed E-state index contributed by atoms with van der Waals surface area (Å²) in [5, 5.41) is 4.78. The van der Waals surface area contributed by atoms with Crippen molar-refractivity contribution in [3.05, 3.63) is 24.3 Å². The van der Waals surface area contributed by atoms with Gasteiger partial charge in [-0.3, -0.25) is 0 Å². The highest BCUT2D eigenvalue weighted by molar-refractivity contribution is 7.98. The molecule has 17 heavy (non-hydrogen) atoms. The van der Waals surface area contributed by atoms with Gasteiger partial charge in [0.05, 0.1) is 5.39 Å². The van der Waals surface area contributed by atoms with Crippen molar-refractivity contribution in [1.82, 2.24) is 5.16 Å². The Balaban J connectivity index is 1.95. The van der Waals surface area contributed by atoms with E-state index < -0.39 is 0 Å². The van der Waals surface area contributed by atoms with Crippen LogP contribution in [-0.4, -0.2) is 29.8 Å². The van der Waals surface area contributed by atoms with Gasteiger partial charge in [0.1, 0.15) is 6.61 Å². The molecule has 0 spiro atoms. The number of para-hydroxylation sites is 1. The molecule has 92 valence electrons. The van der Waals surface area contributed by atoms with Crippen molar-refractivity contribution in [2.45, 2.75) is 12.5 Å². The van der Waals surface area contributed by atoms with Crippen LogP contribution in [0.3, 0.4) is 0 Å². The molecule has 0 saturated heterocycles. The number of nitrogens with zero attached hydrogens (tertiary/aromatic N) is 1. The lowest BCUT2D eigenvalue weighted by Crippen LogP contribution is -2.28. The molecule has 0 radical (unpaired) electrons. The summed E-state index contributed by atoms with van der Waals surface area (Å²) >= 11 is 1.79. The molecule has 1 unspecified atom stereocenters. The largest absolute Gasteiger partial charge is 0.473 e. The minimum Gasteiger partial charge on any atom is -0.473 e. The zero-order valence-corrected chi connectivity index (χ0v) is 10.6. The highest BCUT2D eigenvalue weighted by Crippen LogP contribution is 2.24. The standard InChI is InChI=1S/C12H16N2O2S/c1-17-7-6-9(13)8-15-12-10-4-2-3-5-11(10)16-14-12/h2-5,9H,6-8,13H2,1H3. The molecule has 1 aromatic carbocycles. The minimum absolute atomic E-state index is 0.0397. The first-order chi connectivity index (χ1) is 8.31. The molecule has 5 heteroatoms. The Kier molecular flexibility index (Phi) is 4.28. The summed E-state index contributed by atoms with van der Waals surface area (Å²) in [4.78, 5) is 0. The molecule has 0 aliphatic heterocycles. The Morgan fingerprint density at radius 2 is 2.29 bits per heavy atom. The molecule has 2 N–H and O–H groups in total. The van der Waals surface area contributed by atoms with Gasteiger partial charge in [0, 0.05) is 6.04 Å². The summed E-state index contributed by atoms with van der Waals surface area (Å²) in [5.74, 6) is 1.57. The number of rotatable bonds is 6. The fraction of sp³-hybridized carbons (Fsp3) is 0.417. The van der Waals surface area contributed by atoms with Gasteiger partial charge in [-0.1, -0.05) is 12.1 Å². The molecule has 1 atom stereocenters. The zero-order valence-electron chi connectivity index (χ0n) is 9.76. The Morgan fingerprint density at radius 1 is 1.47 bits per heavy atom. The fourth-order valence-corrected chi connectivity index (χ4v) is 2.04. The van der Waals surface area contributed by atoms with Crippen LogP contribution in [0, 0.1) is 0 Å². The lowest BCUT2D eigenvalue weighted by molar-refractivity contribution is 0.261. The summed E-state index contributed by atoms with van der Waals surface area (Å²) in [6.45, 7) is 0.469. The van der Waals surface area contributed by atoms with Crippen LogP contribution in [0.2, 0.25) is 0 Å². The van der Waals surface area contributed by atoms with Crippen molar-refractivity contribution < 1.29 is 9.26 Å². The number of fused-ring (bicyclic) bond motifs is 1. The van der Waals surface area contributed by atoms with Crippen molar-refractivity contribution in [3.63, 3.8) is 0 Å². The molecule has 2 rings (SSSR count). The molecule has 4 nitrogen and oxygen atoms in total. The highest BCUT2D eigenvalue weighted by Gasteiger charge is 2.10. The van der Waals surface area contributed by atoms with Gasteiger partial charge < -0.3 is 15.0 Å². The molecule has 2 aromatic rings. The van der Waals surface area contributed by atoms with E-state index in [1.165, 1.54) is 0 Å². The second kappa shape index (κ2) is 5.93. The summed E-state index contributed by atoms with van der Waals surface area (Å²) < 4.78 is 10.7. The van der Waals surface area contributed by atoms with Crippen LogP contribution in [0.1, 0.15) is 6.42 Å². The van der Waals surface area contributed by atoms with Crippen LogP contribution in [0.25, 0.3) is 11.0 Å². The summed E-state index contributed by atoms with van der Waals surface area (Å²) in [6, 6.07) is 7.66. The van der Waals surface area contributed by atoms with E-state index in [1.54, 1.807) is 11.8 Å². The average Bonchev–Trinajstić information content (AvgIpc) is 2.77. The highest BCUT2D eigenvalue weighted by atomic mass is 32.2. The Labute approximate surface area is 104 Å². The van der Waals surface area contributed by atoms with Crippen LogP contribution in [0.15, 0.2) is 28.8 Å². The van der Waals surface area contributed by atoms with E-state index in [0.717, 1.165) is 23.1 Å². The molecule has 0 aliphatic carbocycles. The number of hydrogen-bond donors (Lipinski definition) is 1. The second-order valence-electron chi connectivity index (χ2n) is 3.84. The number of aromatic nitrogens is 1. The van der Waals surface area contributed by atoms with E-state index >= 15 is 0 Å². The third-order valence-corrected chi connectivity index (χ3v) is 3.12. The van der Waals surface area contributed by atoms with Gasteiger partial charge in [0.15, 0.2) is 5.58 Å². The van der Waals surface area contributed by atoms with Crippen LogP contribution in [0.5, 0.6) is 5.88 Å². The average molecular weight is 252 g/mol. The monoisotopic (exact) mass is 252 g/mol. The number of benzene rings is 1. The first-order valence-electron chi connectivity index (χ1n) is 5.53. The predicted molar refractivity (Wildman–Crippen MR) is 70.5 cm³/mol. The molecule has 0 fully saturated rings. The van der Waals surface area contributed by atoms with Gasteiger partial charge >= 0.3 is 0 Å². The first-order valence-corrected chi connectivity index (χ1v) is 6.92. The summed E-state index contributed by atoms with van der Waals surface area (Å²) in [7, 11) is 0. The summed E-state index contributed by atoms with van der Waals surface area (Å²) in [6.07, 6.45) is 3.01. The Hall–Kier alpha value is -1.20. The minimum atomic E-state index is 0.0397. The molecule has 0 bridgehead atoms. The lowest BCUT2D eigenvalue weighted by atomic mass is 10.2. The lowest BCUT2D eigenvalue weighted by Gasteiger charge is -2.10. The third kappa shape index (κ3) is 3.14. The van der Waals surface area contributed by atoms with Crippen molar-refractivity contribution in [1.29, 1.82) is 0 Å². The van der Waals surface area contributed by atoms with Gasteiger partial charge in [-0.25, -0.2) is 0 Å². The SMILES string of the molecule is CSCCC(N)COc1noc2ccccc12. The maximum absolute atomic E-state index is 5.92. The van der Waals surface area contributed by atoms with Crippen LogP contribution in [-0.2, 0) is 0 Å². The molecule has 0 saturated carbocycles. The maximum atomic E-state index is 5.92. The van der Waals surface area contributed by atoms with Gasteiger partial charge in [-0.05, 0) is 35.7 Å². The Bertz CT molecular complexity index is 472. The predicted octanol–water partition coefficient (Wildman–Crippen LogP) is 2.29. The van der Waals surface area contributed by atoms with Crippen molar-refractivity contribution in [3.8, 4) is 5.88 Å². The molecule has 0 aliphatic rings. The number of ether oxygens (including phenoxy) is 1. The smallest absolute Gasteiger partial charge is 0.262 e. The van der Waals surface area contributed by atoms with Crippen molar-refractivity contribution >= 4 is 22.7 Å². The van der Waals surface area contributed by atoms with Crippen molar-refractivity contribution in [2.24, 2.45) is 5.73 Å². The van der Waals surface area contributed by atoms with Gasteiger partial charge in [-0.2, -0.15) is 11.8 Å². The van der Waals surface area contributed by atoms with E-state index in [-0.39, 0.29) is 6.04 Å². The van der Waals surface area contributed by atoms with Crippen LogP contribution in [0.4, 0.5) is 0 Å². The Morgan fingerprint density at radius 3 is 3.12 bits per heavy atom. The first kappa shape index (κ1) is 12.3. The summed E-state index contributed by atoms with van der Waals surface area (Å²) in [5.41, 5.74) is 6.66. The second-order valence-corrected chi connectivity index (χ2v) is 4.82. The normalized spacial score (nSPS) is 12.8. The topological polar surface area (TPSA) is 61.3 Å². The number of hydrogen-bond acceptors (Lipinski definition) is 5. The van der Waals surface area contributed by atoms with Gasteiger partial charge in [0.2, 0.25) is 0 Å². The molecule has 1 aromatic heterocycles. The van der Waals surface area contributed by atoms with E-state index in [9.17, 15) is 0 Å². The number of thioether (sulfide) groups is 1. The molecular weight excluding hydrogens is 236 g/mol.